The first-order chi connectivity index (χ1) is 8.97. The topological polar surface area (TPSA) is 42.3 Å². The van der Waals surface area contributed by atoms with Crippen LogP contribution in [0.5, 0.6) is 0 Å². The zero-order chi connectivity index (χ0) is 14.0. The number of carbonyl (C=O) groups is 1. The molecule has 0 aromatic carbocycles. The molecule has 2 heterocycles. The predicted molar refractivity (Wildman–Crippen MR) is 75.7 cm³/mol. The summed E-state index contributed by atoms with van der Waals surface area (Å²) >= 11 is 11.6. The SMILES string of the molecule is CC1CCN(C(=O)Cn2cc(Cl)cc(Cl)c2=O)CC1. The maximum Gasteiger partial charge on any atom is 0.269 e. The van der Waals surface area contributed by atoms with E-state index in [2.05, 4.69) is 6.92 Å². The maximum atomic E-state index is 12.1. The summed E-state index contributed by atoms with van der Waals surface area (Å²) in [5.41, 5.74) is -0.384. The number of rotatable bonds is 2. The van der Waals surface area contributed by atoms with Gasteiger partial charge in [0, 0.05) is 19.3 Å². The van der Waals surface area contributed by atoms with Gasteiger partial charge in [0.15, 0.2) is 0 Å². The molecular weight excluding hydrogens is 287 g/mol. The normalized spacial score (nSPS) is 16.7. The molecule has 1 saturated heterocycles. The molecule has 19 heavy (non-hydrogen) atoms. The van der Waals surface area contributed by atoms with Gasteiger partial charge >= 0.3 is 0 Å². The van der Waals surface area contributed by atoms with Crippen LogP contribution >= 0.6 is 23.2 Å². The summed E-state index contributed by atoms with van der Waals surface area (Å²) in [6.45, 7) is 3.68. The third-order valence-electron chi connectivity index (χ3n) is 3.45. The van der Waals surface area contributed by atoms with Crippen LogP contribution in [0.25, 0.3) is 0 Å². The zero-order valence-electron chi connectivity index (χ0n) is 10.7. The van der Waals surface area contributed by atoms with Crippen LogP contribution < -0.4 is 5.56 Å². The number of aromatic nitrogens is 1. The monoisotopic (exact) mass is 302 g/mol. The number of piperidine rings is 1. The van der Waals surface area contributed by atoms with E-state index in [1.54, 1.807) is 4.90 Å². The van der Waals surface area contributed by atoms with Crippen molar-refractivity contribution >= 4 is 29.1 Å². The van der Waals surface area contributed by atoms with Gasteiger partial charge in [0.25, 0.3) is 5.56 Å². The van der Waals surface area contributed by atoms with Crippen molar-refractivity contribution in [3.8, 4) is 0 Å². The number of halogens is 2. The Hall–Kier alpha value is -1.00. The molecule has 0 radical (unpaired) electrons. The fourth-order valence-corrected chi connectivity index (χ4v) is 2.69. The minimum atomic E-state index is -0.384. The predicted octanol–water partition coefficient (Wildman–Crippen LogP) is 2.41. The van der Waals surface area contributed by atoms with Crippen molar-refractivity contribution in [2.24, 2.45) is 5.92 Å². The Balaban J connectivity index is 2.09. The lowest BCUT2D eigenvalue weighted by Crippen LogP contribution is -2.41. The third-order valence-corrected chi connectivity index (χ3v) is 3.93. The summed E-state index contributed by atoms with van der Waals surface area (Å²) in [5, 5.41) is 0.386. The molecule has 1 aromatic rings. The van der Waals surface area contributed by atoms with Crippen molar-refractivity contribution in [2.45, 2.75) is 26.3 Å². The van der Waals surface area contributed by atoms with Crippen molar-refractivity contribution in [2.75, 3.05) is 13.1 Å². The lowest BCUT2D eigenvalue weighted by Gasteiger charge is -2.30. The first-order valence-electron chi connectivity index (χ1n) is 6.30. The Morgan fingerprint density at radius 2 is 2.00 bits per heavy atom. The van der Waals surface area contributed by atoms with Gasteiger partial charge in [-0.1, -0.05) is 30.1 Å². The van der Waals surface area contributed by atoms with E-state index in [9.17, 15) is 9.59 Å². The van der Waals surface area contributed by atoms with Gasteiger partial charge < -0.3 is 9.47 Å². The molecule has 0 atom stereocenters. The molecule has 0 aliphatic carbocycles. The van der Waals surface area contributed by atoms with Gasteiger partial charge in [-0.05, 0) is 24.8 Å². The van der Waals surface area contributed by atoms with Gasteiger partial charge in [-0.3, -0.25) is 9.59 Å². The molecule has 0 N–H and O–H groups in total. The number of hydrogen-bond donors (Lipinski definition) is 0. The summed E-state index contributed by atoms with van der Waals surface area (Å²) in [7, 11) is 0. The first kappa shape index (κ1) is 14.4. The molecule has 0 saturated carbocycles. The maximum absolute atomic E-state index is 12.1. The van der Waals surface area contributed by atoms with E-state index >= 15 is 0 Å². The summed E-state index contributed by atoms with van der Waals surface area (Å²) in [5.74, 6) is 0.597. The van der Waals surface area contributed by atoms with Gasteiger partial charge in [-0.15, -0.1) is 0 Å². The number of carbonyl (C=O) groups excluding carboxylic acids is 1. The minimum Gasteiger partial charge on any atom is -0.341 e. The number of amides is 1. The molecule has 6 heteroatoms. The molecule has 0 spiro atoms. The van der Waals surface area contributed by atoms with Crippen LogP contribution in [0.2, 0.25) is 10.0 Å². The molecule has 1 amide bonds. The fourth-order valence-electron chi connectivity index (χ4n) is 2.19. The largest absolute Gasteiger partial charge is 0.341 e. The van der Waals surface area contributed by atoms with E-state index in [-0.39, 0.29) is 23.0 Å². The second kappa shape index (κ2) is 5.97. The van der Waals surface area contributed by atoms with E-state index in [1.165, 1.54) is 16.8 Å². The molecular formula is C13H16Cl2N2O2. The van der Waals surface area contributed by atoms with Crippen LogP contribution in [-0.2, 0) is 11.3 Å². The van der Waals surface area contributed by atoms with Crippen molar-refractivity contribution in [3.05, 3.63) is 32.7 Å². The molecule has 0 bridgehead atoms. The Kier molecular flexibility index (Phi) is 4.53. The Morgan fingerprint density at radius 3 is 2.63 bits per heavy atom. The highest BCUT2D eigenvalue weighted by atomic mass is 35.5. The lowest BCUT2D eigenvalue weighted by molar-refractivity contribution is -0.133. The first-order valence-corrected chi connectivity index (χ1v) is 7.06. The average molecular weight is 303 g/mol. The van der Waals surface area contributed by atoms with Crippen LogP contribution in [0.15, 0.2) is 17.1 Å². The van der Waals surface area contributed by atoms with E-state index < -0.39 is 0 Å². The highest BCUT2D eigenvalue weighted by Gasteiger charge is 2.20. The van der Waals surface area contributed by atoms with Crippen molar-refractivity contribution in [3.63, 3.8) is 0 Å². The fraction of sp³-hybridized carbons (Fsp3) is 0.538. The van der Waals surface area contributed by atoms with Gasteiger partial charge in [0.2, 0.25) is 5.91 Å². The van der Waals surface area contributed by atoms with E-state index in [1.807, 2.05) is 0 Å². The van der Waals surface area contributed by atoms with Crippen molar-refractivity contribution in [1.29, 1.82) is 0 Å². The standard InChI is InChI=1S/C13H16Cl2N2O2/c1-9-2-4-16(5-3-9)12(18)8-17-7-10(14)6-11(15)13(17)19/h6-7,9H,2-5,8H2,1H3. The summed E-state index contributed by atoms with van der Waals surface area (Å²) in [6, 6.07) is 1.38. The van der Waals surface area contributed by atoms with E-state index in [4.69, 9.17) is 23.2 Å². The second-order valence-corrected chi connectivity index (χ2v) is 5.85. The van der Waals surface area contributed by atoms with Crippen molar-refractivity contribution < 1.29 is 4.79 Å². The number of pyridine rings is 1. The van der Waals surface area contributed by atoms with Crippen LogP contribution in [-0.4, -0.2) is 28.5 Å². The third kappa shape index (κ3) is 3.51. The van der Waals surface area contributed by atoms with Gasteiger partial charge in [-0.25, -0.2) is 0 Å². The van der Waals surface area contributed by atoms with Gasteiger partial charge in [0.05, 0.1) is 5.02 Å². The highest BCUT2D eigenvalue weighted by molar-refractivity contribution is 6.34. The summed E-state index contributed by atoms with van der Waals surface area (Å²) in [6.07, 6.45) is 3.47. The van der Waals surface area contributed by atoms with Crippen LogP contribution in [0, 0.1) is 5.92 Å². The second-order valence-electron chi connectivity index (χ2n) is 5.00. The van der Waals surface area contributed by atoms with Gasteiger partial charge in [0.1, 0.15) is 11.6 Å². The number of hydrogen-bond acceptors (Lipinski definition) is 2. The molecule has 4 nitrogen and oxygen atoms in total. The Morgan fingerprint density at radius 1 is 1.37 bits per heavy atom. The molecule has 1 aliphatic rings. The molecule has 1 aromatic heterocycles. The van der Waals surface area contributed by atoms with E-state index in [0.29, 0.717) is 10.9 Å². The van der Waals surface area contributed by atoms with Crippen molar-refractivity contribution in [1.82, 2.24) is 9.47 Å². The van der Waals surface area contributed by atoms with Crippen LogP contribution in [0.3, 0.4) is 0 Å². The molecule has 1 aliphatic heterocycles. The zero-order valence-corrected chi connectivity index (χ0v) is 12.2. The Bertz CT molecular complexity index is 534. The molecule has 1 fully saturated rings. The molecule has 2 rings (SSSR count). The number of nitrogens with zero attached hydrogens (tertiary/aromatic N) is 2. The average Bonchev–Trinajstić information content (AvgIpc) is 2.36. The van der Waals surface area contributed by atoms with Crippen LogP contribution in [0.4, 0.5) is 0 Å². The molecule has 0 unspecified atom stereocenters. The Labute approximate surface area is 121 Å². The van der Waals surface area contributed by atoms with E-state index in [0.717, 1.165) is 25.9 Å². The smallest absolute Gasteiger partial charge is 0.269 e. The minimum absolute atomic E-state index is 0.00645. The quantitative estimate of drug-likeness (QED) is 0.842. The summed E-state index contributed by atoms with van der Waals surface area (Å²) < 4.78 is 1.27. The van der Waals surface area contributed by atoms with Gasteiger partial charge in [-0.2, -0.15) is 0 Å². The lowest BCUT2D eigenvalue weighted by atomic mass is 9.99. The number of likely N-dealkylation sites (tertiary alicyclic amines) is 1. The summed E-state index contributed by atoms with van der Waals surface area (Å²) in [4.78, 5) is 25.7. The highest BCUT2D eigenvalue weighted by Crippen LogP contribution is 2.16. The van der Waals surface area contributed by atoms with Crippen LogP contribution in [0.1, 0.15) is 19.8 Å². The molecule has 104 valence electrons.